The second-order valence-corrected chi connectivity index (χ2v) is 7.64. The molecular formula is C18H24N6O. The first-order chi connectivity index (χ1) is 12.3. The van der Waals surface area contributed by atoms with Gasteiger partial charge in [0.25, 0.3) is 5.56 Å². The zero-order chi connectivity index (χ0) is 16.8. The molecule has 132 valence electrons. The number of hydrogen-bond donors (Lipinski definition) is 0. The highest BCUT2D eigenvalue weighted by molar-refractivity contribution is 5.22. The van der Waals surface area contributed by atoms with Crippen molar-refractivity contribution in [3.8, 4) is 0 Å². The average Bonchev–Trinajstić information content (AvgIpc) is 2.98. The van der Waals surface area contributed by atoms with Gasteiger partial charge in [-0.1, -0.05) is 0 Å². The molecule has 7 heteroatoms. The molecule has 2 aromatic heterocycles. The second-order valence-electron chi connectivity index (χ2n) is 7.64. The van der Waals surface area contributed by atoms with E-state index in [9.17, 15) is 4.79 Å². The molecule has 3 heterocycles. The van der Waals surface area contributed by atoms with Crippen LogP contribution in [0, 0.1) is 0 Å². The van der Waals surface area contributed by atoms with Crippen LogP contribution in [0.3, 0.4) is 0 Å². The minimum absolute atomic E-state index is 0.0497. The molecule has 1 saturated heterocycles. The summed E-state index contributed by atoms with van der Waals surface area (Å²) in [4.78, 5) is 14.8. The van der Waals surface area contributed by atoms with E-state index in [4.69, 9.17) is 0 Å². The molecule has 3 aliphatic rings. The van der Waals surface area contributed by atoms with Crippen molar-refractivity contribution in [1.82, 2.24) is 29.4 Å². The topological polar surface area (TPSA) is 68.8 Å². The van der Waals surface area contributed by atoms with Crippen LogP contribution in [-0.4, -0.2) is 42.0 Å². The van der Waals surface area contributed by atoms with Crippen molar-refractivity contribution in [2.75, 3.05) is 6.54 Å². The molecule has 7 nitrogen and oxygen atoms in total. The third-order valence-corrected chi connectivity index (χ3v) is 5.84. The van der Waals surface area contributed by atoms with Crippen LogP contribution in [0.5, 0.6) is 0 Å². The Morgan fingerprint density at radius 3 is 2.96 bits per heavy atom. The van der Waals surface area contributed by atoms with E-state index in [0.29, 0.717) is 18.6 Å². The van der Waals surface area contributed by atoms with Crippen molar-refractivity contribution in [2.24, 2.45) is 0 Å². The van der Waals surface area contributed by atoms with Gasteiger partial charge in [0.2, 0.25) is 0 Å². The molecule has 1 atom stereocenters. The summed E-state index contributed by atoms with van der Waals surface area (Å²) in [7, 11) is 0. The normalized spacial score (nSPS) is 23.3. The smallest absolute Gasteiger partial charge is 0.267 e. The molecule has 0 spiro atoms. The first-order valence-electron chi connectivity index (χ1n) is 9.50. The number of likely N-dealkylation sites (tertiary alicyclic amines) is 1. The summed E-state index contributed by atoms with van der Waals surface area (Å²) in [6.07, 6.45) is 9.76. The van der Waals surface area contributed by atoms with E-state index >= 15 is 0 Å². The summed E-state index contributed by atoms with van der Waals surface area (Å²) in [6.45, 7) is 2.56. The lowest BCUT2D eigenvalue weighted by atomic mass is 10.2. The highest BCUT2D eigenvalue weighted by Gasteiger charge is 2.30. The fraction of sp³-hybridized carbons (Fsp3) is 0.667. The highest BCUT2D eigenvalue weighted by atomic mass is 16.1. The van der Waals surface area contributed by atoms with E-state index in [1.807, 2.05) is 6.33 Å². The molecule has 1 aliphatic heterocycles. The second kappa shape index (κ2) is 6.05. The summed E-state index contributed by atoms with van der Waals surface area (Å²) in [5.74, 6) is 1.06. The fourth-order valence-corrected chi connectivity index (χ4v) is 4.30. The Hall–Kier alpha value is -2.02. The SMILES string of the molecule is O=c1cc2c(nn1CC1CCCN1Cc1nncn1C1CC1)CCC2. The summed E-state index contributed by atoms with van der Waals surface area (Å²) >= 11 is 0. The van der Waals surface area contributed by atoms with Gasteiger partial charge >= 0.3 is 0 Å². The predicted octanol–water partition coefficient (Wildman–Crippen LogP) is 1.32. The van der Waals surface area contributed by atoms with Crippen LogP contribution >= 0.6 is 0 Å². The Morgan fingerprint density at radius 1 is 1.16 bits per heavy atom. The highest BCUT2D eigenvalue weighted by Crippen LogP contribution is 2.35. The van der Waals surface area contributed by atoms with E-state index < -0.39 is 0 Å². The van der Waals surface area contributed by atoms with Crippen molar-refractivity contribution in [3.05, 3.63) is 39.8 Å². The molecule has 2 aromatic rings. The lowest BCUT2D eigenvalue weighted by molar-refractivity contribution is 0.208. The minimum atomic E-state index is 0.0497. The van der Waals surface area contributed by atoms with Crippen LogP contribution in [-0.2, 0) is 25.9 Å². The molecule has 0 radical (unpaired) electrons. The first-order valence-corrected chi connectivity index (χ1v) is 9.50. The molecule has 2 aliphatic carbocycles. The summed E-state index contributed by atoms with van der Waals surface area (Å²) in [6, 6.07) is 2.76. The van der Waals surface area contributed by atoms with Crippen LogP contribution in [0.25, 0.3) is 0 Å². The van der Waals surface area contributed by atoms with Gasteiger partial charge in [-0.15, -0.1) is 10.2 Å². The van der Waals surface area contributed by atoms with Crippen LogP contribution in [0.15, 0.2) is 17.2 Å². The van der Waals surface area contributed by atoms with Gasteiger partial charge in [0, 0.05) is 18.2 Å². The zero-order valence-corrected chi connectivity index (χ0v) is 14.5. The van der Waals surface area contributed by atoms with Crippen molar-refractivity contribution in [2.45, 2.75) is 70.1 Å². The first kappa shape index (κ1) is 15.3. The molecule has 0 amide bonds. The van der Waals surface area contributed by atoms with Crippen LogP contribution in [0.2, 0.25) is 0 Å². The maximum Gasteiger partial charge on any atom is 0.267 e. The van der Waals surface area contributed by atoms with Crippen LogP contribution < -0.4 is 5.56 Å². The Bertz CT molecular complexity index is 836. The molecule has 0 N–H and O–H groups in total. The number of aryl methyl sites for hydroxylation is 2. The number of nitrogens with zero attached hydrogens (tertiary/aromatic N) is 6. The number of rotatable bonds is 5. The molecular weight excluding hydrogens is 316 g/mol. The Kier molecular flexibility index (Phi) is 3.69. The van der Waals surface area contributed by atoms with E-state index in [0.717, 1.165) is 55.9 Å². The molecule has 0 bridgehead atoms. The monoisotopic (exact) mass is 340 g/mol. The van der Waals surface area contributed by atoms with Gasteiger partial charge in [-0.3, -0.25) is 9.69 Å². The average molecular weight is 340 g/mol. The van der Waals surface area contributed by atoms with E-state index in [-0.39, 0.29) is 5.56 Å². The Balaban J connectivity index is 1.33. The van der Waals surface area contributed by atoms with Gasteiger partial charge < -0.3 is 4.57 Å². The van der Waals surface area contributed by atoms with Gasteiger partial charge in [-0.2, -0.15) is 5.10 Å². The van der Waals surface area contributed by atoms with E-state index in [1.54, 1.807) is 10.7 Å². The van der Waals surface area contributed by atoms with E-state index in [1.165, 1.54) is 19.3 Å². The van der Waals surface area contributed by atoms with Gasteiger partial charge in [-0.05, 0) is 57.1 Å². The molecule has 1 unspecified atom stereocenters. The lowest BCUT2D eigenvalue weighted by Crippen LogP contribution is -2.37. The van der Waals surface area contributed by atoms with Crippen LogP contribution in [0.1, 0.15) is 55.2 Å². The van der Waals surface area contributed by atoms with Crippen molar-refractivity contribution in [3.63, 3.8) is 0 Å². The maximum absolute atomic E-state index is 12.4. The predicted molar refractivity (Wildman–Crippen MR) is 92.2 cm³/mol. The summed E-state index contributed by atoms with van der Waals surface area (Å²) in [5, 5.41) is 13.1. The van der Waals surface area contributed by atoms with Gasteiger partial charge in [0.05, 0.1) is 18.8 Å². The molecule has 5 rings (SSSR count). The van der Waals surface area contributed by atoms with Gasteiger partial charge in [0.1, 0.15) is 12.2 Å². The van der Waals surface area contributed by atoms with Gasteiger partial charge in [0.15, 0.2) is 0 Å². The minimum Gasteiger partial charge on any atom is -0.313 e. The Labute approximate surface area is 146 Å². The van der Waals surface area contributed by atoms with Crippen molar-refractivity contribution < 1.29 is 0 Å². The summed E-state index contributed by atoms with van der Waals surface area (Å²) < 4.78 is 3.92. The standard InChI is InChI=1S/C18H24N6O/c25-18-9-13-3-1-5-16(13)21-24(18)10-15-4-2-8-22(15)11-17-20-19-12-23(17)14-6-7-14/h9,12,14-15H,1-8,10-11H2. The van der Waals surface area contributed by atoms with Crippen molar-refractivity contribution in [1.29, 1.82) is 0 Å². The number of fused-ring (bicyclic) bond motifs is 1. The van der Waals surface area contributed by atoms with Gasteiger partial charge in [-0.25, -0.2) is 4.68 Å². The molecule has 0 aromatic carbocycles. The molecule has 25 heavy (non-hydrogen) atoms. The van der Waals surface area contributed by atoms with Crippen LogP contribution in [0.4, 0.5) is 0 Å². The third-order valence-electron chi connectivity index (χ3n) is 5.84. The largest absolute Gasteiger partial charge is 0.313 e. The van der Waals surface area contributed by atoms with Crippen molar-refractivity contribution >= 4 is 0 Å². The number of hydrogen-bond acceptors (Lipinski definition) is 5. The maximum atomic E-state index is 12.4. The Morgan fingerprint density at radius 2 is 2.08 bits per heavy atom. The van der Waals surface area contributed by atoms with E-state index in [2.05, 4.69) is 24.8 Å². The summed E-state index contributed by atoms with van der Waals surface area (Å²) in [5.41, 5.74) is 2.33. The third kappa shape index (κ3) is 2.90. The quantitative estimate of drug-likeness (QED) is 0.821. The fourth-order valence-electron chi connectivity index (χ4n) is 4.30. The molecule has 2 fully saturated rings. The zero-order valence-electron chi connectivity index (χ0n) is 14.5. The number of aromatic nitrogens is 5. The molecule has 1 saturated carbocycles. The lowest BCUT2D eigenvalue weighted by Gasteiger charge is -2.24.